The summed E-state index contributed by atoms with van der Waals surface area (Å²) in [5.41, 5.74) is 4.75. The maximum Gasteiger partial charge on any atom is 0.416 e. The van der Waals surface area contributed by atoms with Crippen molar-refractivity contribution in [2.24, 2.45) is 5.92 Å². The summed E-state index contributed by atoms with van der Waals surface area (Å²) in [5, 5.41) is 0. The van der Waals surface area contributed by atoms with Gasteiger partial charge >= 0.3 is 6.18 Å². The largest absolute Gasteiger partial charge is 0.416 e. The van der Waals surface area contributed by atoms with Crippen LogP contribution in [0.15, 0.2) is 72.8 Å². The number of aryl methyl sites for hydroxylation is 1. The van der Waals surface area contributed by atoms with Crippen LogP contribution < -0.4 is 14.7 Å². The maximum atomic E-state index is 14.0. The van der Waals surface area contributed by atoms with Crippen molar-refractivity contribution in [3.8, 4) is 0 Å². The fourth-order valence-corrected chi connectivity index (χ4v) is 6.33. The Balaban J connectivity index is 1.20. The molecule has 2 unspecified atom stereocenters. The van der Waals surface area contributed by atoms with Crippen molar-refractivity contribution >= 4 is 23.0 Å². The fraction of sp³-hybridized carbons (Fsp3) is 0.387. The van der Waals surface area contributed by atoms with E-state index in [4.69, 9.17) is 0 Å². The molecule has 39 heavy (non-hydrogen) atoms. The van der Waals surface area contributed by atoms with Gasteiger partial charge < -0.3 is 19.6 Å². The summed E-state index contributed by atoms with van der Waals surface area (Å²) in [6, 6.07) is 22.5. The fourth-order valence-electron chi connectivity index (χ4n) is 6.33. The lowest BCUT2D eigenvalue weighted by Crippen LogP contribution is -2.62. The van der Waals surface area contributed by atoms with E-state index in [1.807, 2.05) is 15.9 Å². The molecule has 3 aliphatic rings. The SMILES string of the molecule is Cc1ccc(N2CCN3c4ccccc4CC(C(=O)N4CCN(c5cccc(C(F)(F)F)c5)CC4)C3C2)cc1. The monoisotopic (exact) mass is 534 g/mol. The summed E-state index contributed by atoms with van der Waals surface area (Å²) >= 11 is 0. The van der Waals surface area contributed by atoms with E-state index in [9.17, 15) is 18.0 Å². The molecular formula is C31H33F3N4O. The summed E-state index contributed by atoms with van der Waals surface area (Å²) in [6.45, 7) is 6.64. The predicted octanol–water partition coefficient (Wildman–Crippen LogP) is 5.23. The number of piperazine rings is 2. The first-order valence-corrected chi connectivity index (χ1v) is 13.6. The highest BCUT2D eigenvalue weighted by molar-refractivity contribution is 5.83. The van der Waals surface area contributed by atoms with Gasteiger partial charge in [-0.3, -0.25) is 4.79 Å². The molecule has 3 heterocycles. The Hall–Kier alpha value is -3.68. The molecule has 0 bridgehead atoms. The molecule has 8 heteroatoms. The lowest BCUT2D eigenvalue weighted by Gasteiger charge is -2.50. The Morgan fingerprint density at radius 2 is 1.51 bits per heavy atom. The number of amides is 1. The molecule has 0 N–H and O–H groups in total. The molecule has 2 fully saturated rings. The molecule has 1 amide bonds. The minimum Gasteiger partial charge on any atom is -0.368 e. The van der Waals surface area contributed by atoms with E-state index in [0.29, 0.717) is 38.3 Å². The number of carbonyl (C=O) groups is 1. The Morgan fingerprint density at radius 3 is 2.26 bits per heavy atom. The topological polar surface area (TPSA) is 30.0 Å². The number of fused-ring (bicyclic) bond motifs is 3. The molecule has 6 rings (SSSR count). The number of para-hydroxylation sites is 1. The van der Waals surface area contributed by atoms with Crippen LogP contribution in [0.25, 0.3) is 0 Å². The van der Waals surface area contributed by atoms with Crippen LogP contribution in [0.2, 0.25) is 0 Å². The van der Waals surface area contributed by atoms with E-state index >= 15 is 0 Å². The van der Waals surface area contributed by atoms with Gasteiger partial charge in [-0.25, -0.2) is 0 Å². The van der Waals surface area contributed by atoms with E-state index in [1.54, 1.807) is 6.07 Å². The Morgan fingerprint density at radius 1 is 0.795 bits per heavy atom. The quantitative estimate of drug-likeness (QED) is 0.461. The number of hydrogen-bond donors (Lipinski definition) is 0. The highest BCUT2D eigenvalue weighted by Crippen LogP contribution is 2.38. The van der Waals surface area contributed by atoms with Crippen LogP contribution in [0.1, 0.15) is 16.7 Å². The maximum absolute atomic E-state index is 14.0. The lowest BCUT2D eigenvalue weighted by molar-refractivity contribution is -0.137. The highest BCUT2D eigenvalue weighted by Gasteiger charge is 2.43. The van der Waals surface area contributed by atoms with Crippen LogP contribution in [-0.4, -0.2) is 62.7 Å². The molecular weight excluding hydrogens is 501 g/mol. The molecule has 0 saturated carbocycles. The number of alkyl halides is 3. The first-order valence-electron chi connectivity index (χ1n) is 13.6. The van der Waals surface area contributed by atoms with Crippen LogP contribution in [0, 0.1) is 12.8 Å². The van der Waals surface area contributed by atoms with E-state index in [1.165, 1.54) is 34.6 Å². The van der Waals surface area contributed by atoms with E-state index in [2.05, 4.69) is 59.2 Å². The van der Waals surface area contributed by atoms with Crippen molar-refractivity contribution in [3.05, 3.63) is 89.5 Å². The summed E-state index contributed by atoms with van der Waals surface area (Å²) in [5.74, 6) is -0.0257. The minimum absolute atomic E-state index is 0.0592. The normalized spacial score (nSPS) is 21.4. The van der Waals surface area contributed by atoms with Gasteiger partial charge in [0.25, 0.3) is 0 Å². The van der Waals surface area contributed by atoms with Crippen molar-refractivity contribution < 1.29 is 18.0 Å². The van der Waals surface area contributed by atoms with Crippen molar-refractivity contribution in [2.45, 2.75) is 25.6 Å². The Labute approximate surface area is 227 Å². The van der Waals surface area contributed by atoms with Gasteiger partial charge in [-0.2, -0.15) is 13.2 Å². The van der Waals surface area contributed by atoms with Crippen LogP contribution in [0.4, 0.5) is 30.2 Å². The summed E-state index contributed by atoms with van der Waals surface area (Å²) < 4.78 is 39.7. The van der Waals surface area contributed by atoms with Gasteiger partial charge in [0.2, 0.25) is 5.91 Å². The Bertz CT molecular complexity index is 1330. The molecule has 0 aliphatic carbocycles. The number of nitrogens with zero attached hydrogens (tertiary/aromatic N) is 4. The molecule has 204 valence electrons. The van der Waals surface area contributed by atoms with Gasteiger partial charge in [-0.05, 0) is 55.3 Å². The number of anilines is 3. The van der Waals surface area contributed by atoms with Gasteiger partial charge in [0, 0.05) is 62.9 Å². The van der Waals surface area contributed by atoms with Crippen LogP contribution >= 0.6 is 0 Å². The molecule has 0 radical (unpaired) electrons. The van der Waals surface area contributed by atoms with Crippen LogP contribution in [-0.2, 0) is 17.4 Å². The molecule has 5 nitrogen and oxygen atoms in total. The number of hydrogen-bond acceptors (Lipinski definition) is 4. The molecule has 0 spiro atoms. The van der Waals surface area contributed by atoms with E-state index < -0.39 is 11.7 Å². The smallest absolute Gasteiger partial charge is 0.368 e. The summed E-state index contributed by atoms with van der Waals surface area (Å²) in [6.07, 6.45) is -3.67. The average Bonchev–Trinajstić information content (AvgIpc) is 2.96. The second-order valence-corrected chi connectivity index (χ2v) is 10.8. The van der Waals surface area contributed by atoms with Crippen LogP contribution in [0.3, 0.4) is 0 Å². The summed E-state index contributed by atoms with van der Waals surface area (Å²) in [7, 11) is 0. The average molecular weight is 535 g/mol. The van der Waals surface area contributed by atoms with Gasteiger partial charge in [0.05, 0.1) is 17.5 Å². The molecule has 2 atom stereocenters. The zero-order chi connectivity index (χ0) is 27.1. The third-order valence-corrected chi connectivity index (χ3v) is 8.47. The third kappa shape index (κ3) is 5.04. The highest BCUT2D eigenvalue weighted by atomic mass is 19.4. The first kappa shape index (κ1) is 25.6. The van der Waals surface area contributed by atoms with Gasteiger partial charge in [-0.15, -0.1) is 0 Å². The van der Waals surface area contributed by atoms with E-state index in [-0.39, 0.29) is 17.9 Å². The minimum atomic E-state index is -4.37. The number of halogens is 3. The molecule has 3 aliphatic heterocycles. The van der Waals surface area contributed by atoms with Crippen molar-refractivity contribution in [3.63, 3.8) is 0 Å². The van der Waals surface area contributed by atoms with Gasteiger partial charge in [-0.1, -0.05) is 42.0 Å². The Kier molecular flexibility index (Phi) is 6.65. The van der Waals surface area contributed by atoms with E-state index in [0.717, 1.165) is 25.7 Å². The first-order chi connectivity index (χ1) is 18.8. The van der Waals surface area contributed by atoms with Gasteiger partial charge in [0.15, 0.2) is 0 Å². The van der Waals surface area contributed by atoms with Crippen molar-refractivity contribution in [2.75, 3.05) is 60.5 Å². The number of benzene rings is 3. The molecule has 0 aromatic heterocycles. The van der Waals surface area contributed by atoms with Crippen molar-refractivity contribution in [1.29, 1.82) is 0 Å². The predicted molar refractivity (Wildman–Crippen MR) is 148 cm³/mol. The molecule has 3 aromatic rings. The molecule has 3 aromatic carbocycles. The standard InChI is InChI=1S/C31H33F3N4O/c1-22-9-11-25(12-10-22)37-17-18-38-28-8-3-2-5-23(28)19-27(29(38)21-37)30(39)36-15-13-35(14-16-36)26-7-4-6-24(20-26)31(32,33)34/h2-12,20,27,29H,13-19,21H2,1H3. The number of rotatable bonds is 3. The second-order valence-electron chi connectivity index (χ2n) is 10.8. The number of carbonyl (C=O) groups excluding carboxylic acids is 1. The lowest BCUT2D eigenvalue weighted by atomic mass is 9.82. The van der Waals surface area contributed by atoms with Crippen molar-refractivity contribution in [1.82, 2.24) is 4.90 Å². The zero-order valence-corrected chi connectivity index (χ0v) is 22.1. The molecule has 2 saturated heterocycles. The van der Waals surface area contributed by atoms with Gasteiger partial charge in [0.1, 0.15) is 0 Å². The van der Waals surface area contributed by atoms with Crippen LogP contribution in [0.5, 0.6) is 0 Å². The third-order valence-electron chi connectivity index (χ3n) is 8.47. The summed E-state index contributed by atoms with van der Waals surface area (Å²) in [4.78, 5) is 22.7. The zero-order valence-electron chi connectivity index (χ0n) is 22.1. The second kappa shape index (κ2) is 10.1.